The van der Waals surface area contributed by atoms with Crippen molar-refractivity contribution in [3.05, 3.63) is 36.3 Å². The van der Waals surface area contributed by atoms with Crippen LogP contribution in [0.25, 0.3) is 0 Å². The third-order valence-corrected chi connectivity index (χ3v) is 5.26. The van der Waals surface area contributed by atoms with E-state index < -0.39 is 0 Å². The molecule has 0 aliphatic carbocycles. The summed E-state index contributed by atoms with van der Waals surface area (Å²) in [6.45, 7) is 1.64. The highest BCUT2D eigenvalue weighted by atomic mass is 16.5. The van der Waals surface area contributed by atoms with Crippen molar-refractivity contribution in [2.75, 3.05) is 39.7 Å². The van der Waals surface area contributed by atoms with Gasteiger partial charge in [0.1, 0.15) is 5.76 Å². The highest BCUT2D eigenvalue weighted by Gasteiger charge is 2.30. The summed E-state index contributed by atoms with van der Waals surface area (Å²) >= 11 is 0. The lowest BCUT2D eigenvalue weighted by molar-refractivity contribution is -0.126. The molecule has 0 saturated carbocycles. The third-order valence-electron chi connectivity index (χ3n) is 5.26. The Labute approximate surface area is 181 Å². The Balaban J connectivity index is 1.53. The lowest BCUT2D eigenvalue weighted by atomic mass is 10.2. The standard InChI is InChI=1S/C22H29N3O6/c1-28-18-12-15(13-19(29-2)21(18)30-3)24-20(26)8-10-25-9-4-7-17(25)22(27)23-14-16-6-5-11-31-16/h5-6,11-13,17H,4,7-10,14H2,1-3H3,(H,23,27)(H,24,26). The number of methoxy groups -OCH3 is 3. The first-order valence-corrected chi connectivity index (χ1v) is 10.2. The summed E-state index contributed by atoms with van der Waals surface area (Å²) in [5, 5.41) is 5.77. The molecule has 1 unspecified atom stereocenters. The summed E-state index contributed by atoms with van der Waals surface area (Å²) < 4.78 is 21.2. The highest BCUT2D eigenvalue weighted by Crippen LogP contribution is 2.39. The molecule has 1 aliphatic heterocycles. The Bertz CT molecular complexity index is 858. The molecule has 2 aromatic rings. The maximum Gasteiger partial charge on any atom is 0.237 e. The molecular weight excluding hydrogens is 402 g/mol. The maximum absolute atomic E-state index is 12.6. The molecule has 1 atom stereocenters. The number of hydrogen-bond acceptors (Lipinski definition) is 7. The summed E-state index contributed by atoms with van der Waals surface area (Å²) in [6.07, 6.45) is 3.54. The lowest BCUT2D eigenvalue weighted by Gasteiger charge is -2.23. The summed E-state index contributed by atoms with van der Waals surface area (Å²) in [6, 6.07) is 6.74. The van der Waals surface area contributed by atoms with E-state index >= 15 is 0 Å². The zero-order chi connectivity index (χ0) is 22.2. The summed E-state index contributed by atoms with van der Waals surface area (Å²) in [4.78, 5) is 27.1. The van der Waals surface area contributed by atoms with E-state index in [1.807, 2.05) is 11.0 Å². The molecule has 1 fully saturated rings. The molecule has 9 nitrogen and oxygen atoms in total. The summed E-state index contributed by atoms with van der Waals surface area (Å²) in [7, 11) is 4.57. The Morgan fingerprint density at radius 3 is 2.52 bits per heavy atom. The minimum Gasteiger partial charge on any atom is -0.493 e. The lowest BCUT2D eigenvalue weighted by Crippen LogP contribution is -2.43. The van der Waals surface area contributed by atoms with E-state index in [2.05, 4.69) is 10.6 Å². The van der Waals surface area contributed by atoms with E-state index in [1.165, 1.54) is 21.3 Å². The van der Waals surface area contributed by atoms with Gasteiger partial charge in [-0.15, -0.1) is 0 Å². The van der Waals surface area contributed by atoms with Crippen LogP contribution in [0, 0.1) is 0 Å². The minimum absolute atomic E-state index is 0.0427. The summed E-state index contributed by atoms with van der Waals surface area (Å²) in [5.74, 6) is 1.90. The largest absolute Gasteiger partial charge is 0.493 e. The van der Waals surface area contributed by atoms with Crippen molar-refractivity contribution in [3.63, 3.8) is 0 Å². The van der Waals surface area contributed by atoms with Crippen LogP contribution in [0.15, 0.2) is 34.9 Å². The number of anilines is 1. The maximum atomic E-state index is 12.6. The number of likely N-dealkylation sites (tertiary alicyclic amines) is 1. The fourth-order valence-corrected chi connectivity index (χ4v) is 3.72. The van der Waals surface area contributed by atoms with Crippen LogP contribution in [0.5, 0.6) is 17.2 Å². The Morgan fingerprint density at radius 2 is 1.90 bits per heavy atom. The SMILES string of the molecule is COc1cc(NC(=O)CCN2CCCC2C(=O)NCc2ccco2)cc(OC)c1OC. The van der Waals surface area contributed by atoms with Crippen LogP contribution < -0.4 is 24.8 Å². The molecule has 0 bridgehead atoms. The number of ether oxygens (including phenoxy) is 3. The first-order valence-electron chi connectivity index (χ1n) is 10.2. The third kappa shape index (κ3) is 5.69. The molecule has 168 valence electrons. The number of nitrogens with one attached hydrogen (secondary N) is 2. The van der Waals surface area contributed by atoms with Crippen molar-refractivity contribution in [2.24, 2.45) is 0 Å². The number of amides is 2. The second-order valence-electron chi connectivity index (χ2n) is 7.20. The van der Waals surface area contributed by atoms with E-state index in [1.54, 1.807) is 24.5 Å². The van der Waals surface area contributed by atoms with Gasteiger partial charge in [-0.3, -0.25) is 14.5 Å². The van der Waals surface area contributed by atoms with E-state index in [0.717, 1.165) is 19.4 Å². The normalized spacial score (nSPS) is 16.0. The van der Waals surface area contributed by atoms with Crippen LogP contribution in [-0.2, 0) is 16.1 Å². The average molecular weight is 431 g/mol. The molecule has 2 amide bonds. The van der Waals surface area contributed by atoms with Gasteiger partial charge < -0.3 is 29.3 Å². The number of furan rings is 1. The topological polar surface area (TPSA) is 102 Å². The molecule has 2 heterocycles. The molecule has 31 heavy (non-hydrogen) atoms. The molecule has 2 N–H and O–H groups in total. The number of nitrogens with zero attached hydrogens (tertiary/aromatic N) is 1. The zero-order valence-electron chi connectivity index (χ0n) is 18.1. The summed E-state index contributed by atoms with van der Waals surface area (Å²) in [5.41, 5.74) is 0.550. The molecule has 0 radical (unpaired) electrons. The number of carbonyl (C=O) groups is 2. The van der Waals surface area contributed by atoms with Gasteiger partial charge in [-0.05, 0) is 31.5 Å². The minimum atomic E-state index is -0.232. The van der Waals surface area contributed by atoms with Crippen LogP contribution in [0.3, 0.4) is 0 Å². The van der Waals surface area contributed by atoms with Crippen molar-refractivity contribution in [3.8, 4) is 17.2 Å². The average Bonchev–Trinajstić information content (AvgIpc) is 3.47. The van der Waals surface area contributed by atoms with Crippen molar-refractivity contribution in [1.82, 2.24) is 10.2 Å². The number of hydrogen-bond donors (Lipinski definition) is 2. The van der Waals surface area contributed by atoms with Crippen molar-refractivity contribution in [2.45, 2.75) is 31.8 Å². The molecule has 1 aromatic carbocycles. The predicted molar refractivity (Wildman–Crippen MR) is 114 cm³/mol. The van der Waals surface area contributed by atoms with Crippen LogP contribution in [0.2, 0.25) is 0 Å². The predicted octanol–water partition coefficient (Wildman–Crippen LogP) is 2.41. The van der Waals surface area contributed by atoms with Gasteiger partial charge in [-0.1, -0.05) is 0 Å². The van der Waals surface area contributed by atoms with Gasteiger partial charge in [0.05, 0.1) is 40.2 Å². The highest BCUT2D eigenvalue weighted by molar-refractivity contribution is 5.91. The van der Waals surface area contributed by atoms with Crippen molar-refractivity contribution in [1.29, 1.82) is 0 Å². The Kier molecular flexibility index (Phi) is 7.77. The fourth-order valence-electron chi connectivity index (χ4n) is 3.72. The van der Waals surface area contributed by atoms with Crippen LogP contribution in [-0.4, -0.2) is 57.2 Å². The Morgan fingerprint density at radius 1 is 1.16 bits per heavy atom. The zero-order valence-corrected chi connectivity index (χ0v) is 18.1. The molecule has 1 aliphatic rings. The van der Waals surface area contributed by atoms with E-state index in [9.17, 15) is 9.59 Å². The second kappa shape index (κ2) is 10.7. The van der Waals surface area contributed by atoms with Gasteiger partial charge in [0.2, 0.25) is 17.6 Å². The fraction of sp³-hybridized carbons (Fsp3) is 0.455. The molecule has 9 heteroatoms. The number of rotatable bonds is 10. The first-order chi connectivity index (χ1) is 15.0. The number of carbonyl (C=O) groups excluding carboxylic acids is 2. The quantitative estimate of drug-likeness (QED) is 0.596. The van der Waals surface area contributed by atoms with E-state index in [0.29, 0.717) is 41.8 Å². The smallest absolute Gasteiger partial charge is 0.237 e. The van der Waals surface area contributed by atoms with Crippen LogP contribution in [0.4, 0.5) is 5.69 Å². The Hall–Kier alpha value is -3.20. The molecule has 3 rings (SSSR count). The molecule has 1 aromatic heterocycles. The van der Waals surface area contributed by atoms with Gasteiger partial charge in [-0.25, -0.2) is 0 Å². The van der Waals surface area contributed by atoms with Crippen molar-refractivity contribution < 1.29 is 28.2 Å². The second-order valence-corrected chi connectivity index (χ2v) is 7.20. The van der Waals surface area contributed by atoms with Gasteiger partial charge >= 0.3 is 0 Å². The van der Waals surface area contributed by atoms with E-state index in [4.69, 9.17) is 18.6 Å². The van der Waals surface area contributed by atoms with Gasteiger partial charge in [0, 0.05) is 30.8 Å². The van der Waals surface area contributed by atoms with E-state index in [-0.39, 0.29) is 24.3 Å². The molecular formula is C22H29N3O6. The first kappa shape index (κ1) is 22.5. The number of benzene rings is 1. The van der Waals surface area contributed by atoms with Gasteiger partial charge in [0.15, 0.2) is 11.5 Å². The van der Waals surface area contributed by atoms with Crippen molar-refractivity contribution >= 4 is 17.5 Å². The van der Waals surface area contributed by atoms with Gasteiger partial charge in [0.25, 0.3) is 0 Å². The monoisotopic (exact) mass is 431 g/mol. The molecule has 0 spiro atoms. The van der Waals surface area contributed by atoms with Crippen LogP contribution >= 0.6 is 0 Å². The molecule has 1 saturated heterocycles. The van der Waals surface area contributed by atoms with Gasteiger partial charge in [-0.2, -0.15) is 0 Å². The van der Waals surface area contributed by atoms with Crippen LogP contribution in [0.1, 0.15) is 25.0 Å².